The van der Waals surface area contributed by atoms with Gasteiger partial charge < -0.3 is 5.32 Å². The van der Waals surface area contributed by atoms with Gasteiger partial charge in [0.15, 0.2) is 0 Å². The summed E-state index contributed by atoms with van der Waals surface area (Å²) in [6.45, 7) is 0. The van der Waals surface area contributed by atoms with Gasteiger partial charge in [0, 0.05) is 12.1 Å². The van der Waals surface area contributed by atoms with Crippen molar-refractivity contribution < 1.29 is 4.79 Å². The first kappa shape index (κ1) is 12.1. The fraction of sp³-hybridized carbons (Fsp3) is 0.214. The Morgan fingerprint density at radius 1 is 1.26 bits per heavy atom. The maximum absolute atomic E-state index is 12.1. The van der Waals surface area contributed by atoms with Crippen LogP contribution in [0.4, 0.5) is 5.82 Å². The van der Waals surface area contributed by atoms with Crippen LogP contribution < -0.4 is 5.32 Å². The van der Waals surface area contributed by atoms with E-state index in [2.05, 4.69) is 27.4 Å². The molecular weight excluding hydrogens is 262 g/mol. The molecule has 0 aliphatic heterocycles. The van der Waals surface area contributed by atoms with E-state index < -0.39 is 0 Å². The van der Waals surface area contributed by atoms with Gasteiger partial charge in [-0.15, -0.1) is 0 Å². The topological polar surface area (TPSA) is 54.9 Å². The van der Waals surface area contributed by atoms with Gasteiger partial charge in [0.05, 0.1) is 0 Å². The number of amides is 1. The van der Waals surface area contributed by atoms with E-state index in [-0.39, 0.29) is 17.1 Å². The highest BCUT2D eigenvalue weighted by atomic mass is 35.5. The second kappa shape index (κ2) is 4.97. The van der Waals surface area contributed by atoms with E-state index in [1.54, 1.807) is 6.07 Å². The summed E-state index contributed by atoms with van der Waals surface area (Å²) in [6, 6.07) is 11.7. The minimum atomic E-state index is -0.0105. The summed E-state index contributed by atoms with van der Waals surface area (Å²) in [7, 11) is 0. The fourth-order valence-electron chi connectivity index (χ4n) is 2.18. The maximum atomic E-state index is 12.1. The molecule has 1 aromatic heterocycles. The monoisotopic (exact) mass is 273 g/mol. The Bertz CT molecular complexity index is 603. The van der Waals surface area contributed by atoms with Crippen molar-refractivity contribution in [3.8, 4) is 0 Å². The van der Waals surface area contributed by atoms with Gasteiger partial charge >= 0.3 is 0 Å². The smallest absolute Gasteiger partial charge is 0.229 e. The number of carbonyl (C=O) groups excluding carboxylic acids is 1. The lowest BCUT2D eigenvalue weighted by atomic mass is 10.1. The van der Waals surface area contributed by atoms with Gasteiger partial charge in [-0.3, -0.25) is 4.79 Å². The van der Waals surface area contributed by atoms with Crippen molar-refractivity contribution in [2.45, 2.75) is 12.3 Å². The molecule has 19 heavy (non-hydrogen) atoms. The summed E-state index contributed by atoms with van der Waals surface area (Å²) in [4.78, 5) is 19.8. The predicted molar refractivity (Wildman–Crippen MR) is 73.0 cm³/mol. The number of carbonyl (C=O) groups is 1. The van der Waals surface area contributed by atoms with Gasteiger partial charge in [-0.05, 0) is 35.6 Å². The summed E-state index contributed by atoms with van der Waals surface area (Å²) in [5.74, 6) is 0.780. The van der Waals surface area contributed by atoms with E-state index >= 15 is 0 Å². The largest absolute Gasteiger partial charge is 0.310 e. The van der Waals surface area contributed by atoms with Crippen molar-refractivity contribution in [2.75, 3.05) is 5.32 Å². The summed E-state index contributed by atoms with van der Waals surface area (Å²) in [5, 5.41) is 2.90. The van der Waals surface area contributed by atoms with Crippen molar-refractivity contribution in [1.82, 2.24) is 9.97 Å². The van der Waals surface area contributed by atoms with Crippen LogP contribution in [0.15, 0.2) is 42.6 Å². The molecule has 1 heterocycles. The predicted octanol–water partition coefficient (Wildman–Crippen LogP) is 2.87. The quantitative estimate of drug-likeness (QED) is 0.875. The normalized spacial score (nSPS) is 20.9. The Morgan fingerprint density at radius 3 is 2.79 bits per heavy atom. The molecule has 1 aromatic carbocycles. The van der Waals surface area contributed by atoms with Crippen molar-refractivity contribution in [1.29, 1.82) is 0 Å². The van der Waals surface area contributed by atoms with Crippen molar-refractivity contribution >= 4 is 23.3 Å². The number of nitrogens with one attached hydrogen (secondary N) is 1. The van der Waals surface area contributed by atoms with Crippen LogP contribution in [0.1, 0.15) is 17.9 Å². The van der Waals surface area contributed by atoms with E-state index in [1.807, 2.05) is 18.2 Å². The first-order chi connectivity index (χ1) is 9.24. The Morgan fingerprint density at radius 2 is 2.05 bits per heavy atom. The lowest BCUT2D eigenvalue weighted by Gasteiger charge is -2.04. The van der Waals surface area contributed by atoms with Crippen molar-refractivity contribution in [3.05, 3.63) is 53.4 Å². The van der Waals surface area contributed by atoms with Crippen LogP contribution in [0.5, 0.6) is 0 Å². The zero-order valence-electron chi connectivity index (χ0n) is 10.1. The minimum absolute atomic E-state index is 0.0105. The van der Waals surface area contributed by atoms with Gasteiger partial charge in [-0.1, -0.05) is 30.3 Å². The second-order valence-electron chi connectivity index (χ2n) is 4.56. The number of anilines is 1. The molecule has 1 saturated carbocycles. The number of benzene rings is 1. The van der Waals surface area contributed by atoms with Gasteiger partial charge in [0.2, 0.25) is 11.2 Å². The number of aromatic nitrogens is 2. The van der Waals surface area contributed by atoms with Crippen LogP contribution >= 0.6 is 11.6 Å². The van der Waals surface area contributed by atoms with E-state index in [4.69, 9.17) is 11.6 Å². The molecule has 96 valence electrons. The molecule has 1 amide bonds. The number of nitrogens with zero attached hydrogens (tertiary/aromatic N) is 2. The average Bonchev–Trinajstić information content (AvgIpc) is 3.20. The third-order valence-corrected chi connectivity index (χ3v) is 3.41. The second-order valence-corrected chi connectivity index (χ2v) is 4.90. The summed E-state index contributed by atoms with van der Waals surface area (Å²) in [5.41, 5.74) is 1.21. The van der Waals surface area contributed by atoms with Crippen LogP contribution in [0.25, 0.3) is 0 Å². The van der Waals surface area contributed by atoms with Gasteiger partial charge in [-0.25, -0.2) is 9.97 Å². The lowest BCUT2D eigenvalue weighted by Crippen LogP contribution is -2.15. The highest BCUT2D eigenvalue weighted by Gasteiger charge is 2.43. The molecule has 0 saturated heterocycles. The molecule has 2 aromatic rings. The van der Waals surface area contributed by atoms with Crippen molar-refractivity contribution in [2.24, 2.45) is 5.92 Å². The van der Waals surface area contributed by atoms with Crippen LogP contribution in [-0.4, -0.2) is 15.9 Å². The molecule has 0 radical (unpaired) electrons. The Labute approximate surface area is 115 Å². The molecule has 1 N–H and O–H groups in total. The van der Waals surface area contributed by atoms with Crippen molar-refractivity contribution in [3.63, 3.8) is 0 Å². The summed E-state index contributed by atoms with van der Waals surface area (Å²) >= 11 is 5.67. The van der Waals surface area contributed by atoms with Crippen LogP contribution in [0.2, 0.25) is 5.28 Å². The number of rotatable bonds is 3. The molecule has 4 nitrogen and oxygen atoms in total. The Balaban J connectivity index is 1.64. The van der Waals surface area contributed by atoms with Gasteiger partial charge in [0.25, 0.3) is 0 Å². The molecule has 1 aliphatic rings. The number of hydrogen-bond acceptors (Lipinski definition) is 3. The standard InChI is InChI=1S/C14H12ClN3O/c15-14-16-7-6-12(18-14)17-13(19)11-8-10(11)9-4-2-1-3-5-9/h1-7,10-11H,8H2,(H,16,17,18,19). The summed E-state index contributed by atoms with van der Waals surface area (Å²) in [6.07, 6.45) is 2.40. The van der Waals surface area contributed by atoms with Crippen LogP contribution in [0, 0.1) is 5.92 Å². The van der Waals surface area contributed by atoms with E-state index in [9.17, 15) is 4.79 Å². The van der Waals surface area contributed by atoms with E-state index in [0.717, 1.165) is 6.42 Å². The summed E-state index contributed by atoms with van der Waals surface area (Å²) < 4.78 is 0. The highest BCUT2D eigenvalue weighted by Crippen LogP contribution is 2.47. The first-order valence-corrected chi connectivity index (χ1v) is 6.46. The third kappa shape index (κ3) is 2.74. The van der Waals surface area contributed by atoms with Gasteiger partial charge in [-0.2, -0.15) is 0 Å². The molecule has 5 heteroatoms. The molecule has 2 atom stereocenters. The minimum Gasteiger partial charge on any atom is -0.310 e. The maximum Gasteiger partial charge on any atom is 0.229 e. The average molecular weight is 274 g/mol. The molecule has 3 rings (SSSR count). The zero-order valence-corrected chi connectivity index (χ0v) is 10.8. The third-order valence-electron chi connectivity index (χ3n) is 3.23. The molecular formula is C14H12ClN3O. The highest BCUT2D eigenvalue weighted by molar-refractivity contribution is 6.28. The van der Waals surface area contributed by atoms with E-state index in [0.29, 0.717) is 11.7 Å². The molecule has 0 spiro atoms. The number of halogens is 1. The van der Waals surface area contributed by atoms with Gasteiger partial charge in [0.1, 0.15) is 5.82 Å². The van der Waals surface area contributed by atoms with Crippen LogP contribution in [-0.2, 0) is 4.79 Å². The SMILES string of the molecule is O=C(Nc1ccnc(Cl)n1)C1CC1c1ccccc1. The zero-order chi connectivity index (χ0) is 13.2. The lowest BCUT2D eigenvalue weighted by molar-refractivity contribution is -0.117. The first-order valence-electron chi connectivity index (χ1n) is 6.08. The Hall–Kier alpha value is -1.94. The molecule has 1 fully saturated rings. The molecule has 2 unspecified atom stereocenters. The molecule has 0 bridgehead atoms. The van der Waals surface area contributed by atoms with E-state index in [1.165, 1.54) is 11.8 Å². The molecule has 1 aliphatic carbocycles. The Kier molecular flexibility index (Phi) is 3.17. The fourth-order valence-corrected chi connectivity index (χ4v) is 2.32. The number of hydrogen-bond donors (Lipinski definition) is 1. The van der Waals surface area contributed by atoms with Crippen LogP contribution in [0.3, 0.4) is 0 Å².